The fourth-order valence-corrected chi connectivity index (χ4v) is 3.25. The lowest BCUT2D eigenvalue weighted by molar-refractivity contribution is 0.606. The Morgan fingerprint density at radius 3 is 2.88 bits per heavy atom. The van der Waals surface area contributed by atoms with Gasteiger partial charge in [0.15, 0.2) is 5.96 Å². The Morgan fingerprint density at radius 2 is 2.17 bits per heavy atom. The summed E-state index contributed by atoms with van der Waals surface area (Å²) in [6.07, 6.45) is 1.42. The number of rotatable bonds is 7. The highest BCUT2D eigenvalue weighted by atomic mass is 79.9. The van der Waals surface area contributed by atoms with Gasteiger partial charge in [0.1, 0.15) is 5.82 Å². The first kappa shape index (κ1) is 18.9. The molecule has 2 N–H and O–H groups in total. The summed E-state index contributed by atoms with van der Waals surface area (Å²) < 4.78 is 14.6. The van der Waals surface area contributed by atoms with Crippen molar-refractivity contribution in [1.82, 2.24) is 15.6 Å². The lowest BCUT2D eigenvalue weighted by Crippen LogP contribution is -2.38. The molecule has 0 fully saturated rings. The number of aliphatic imine (C=N–C) groups is 1. The van der Waals surface area contributed by atoms with Crippen LogP contribution in [0, 0.1) is 12.7 Å². The van der Waals surface area contributed by atoms with Gasteiger partial charge in [0.2, 0.25) is 0 Å². The first-order valence-electron chi connectivity index (χ1n) is 7.95. The van der Waals surface area contributed by atoms with Crippen LogP contribution in [0.25, 0.3) is 0 Å². The maximum absolute atomic E-state index is 13.7. The SMILES string of the molecule is CCNC(=NCCc1csc(C)n1)NCCc1cc(Br)ccc1F. The van der Waals surface area contributed by atoms with E-state index >= 15 is 0 Å². The highest BCUT2D eigenvalue weighted by molar-refractivity contribution is 9.10. The molecule has 2 rings (SSSR count). The van der Waals surface area contributed by atoms with Crippen molar-refractivity contribution in [2.75, 3.05) is 19.6 Å². The van der Waals surface area contributed by atoms with E-state index in [0.717, 1.165) is 34.1 Å². The van der Waals surface area contributed by atoms with Gasteiger partial charge in [-0.15, -0.1) is 11.3 Å². The van der Waals surface area contributed by atoms with Crippen molar-refractivity contribution in [2.24, 2.45) is 4.99 Å². The monoisotopic (exact) mass is 412 g/mol. The molecular weight excluding hydrogens is 391 g/mol. The zero-order valence-electron chi connectivity index (χ0n) is 13.9. The van der Waals surface area contributed by atoms with Gasteiger partial charge in [-0.3, -0.25) is 4.99 Å². The quantitative estimate of drug-likeness (QED) is 0.538. The minimum absolute atomic E-state index is 0.180. The number of halogens is 2. The summed E-state index contributed by atoms with van der Waals surface area (Å²) in [6, 6.07) is 5.00. The summed E-state index contributed by atoms with van der Waals surface area (Å²) >= 11 is 5.03. The second-order valence-corrected chi connectivity index (χ2v) is 7.26. The van der Waals surface area contributed by atoms with Crippen molar-refractivity contribution in [2.45, 2.75) is 26.7 Å². The maximum atomic E-state index is 13.7. The Labute approximate surface area is 154 Å². The van der Waals surface area contributed by atoms with Crippen LogP contribution in [0.2, 0.25) is 0 Å². The number of benzene rings is 1. The van der Waals surface area contributed by atoms with E-state index in [9.17, 15) is 4.39 Å². The van der Waals surface area contributed by atoms with Crippen LogP contribution in [0.15, 0.2) is 33.0 Å². The predicted octanol–water partition coefficient (Wildman–Crippen LogP) is 3.69. The van der Waals surface area contributed by atoms with Gasteiger partial charge in [0, 0.05) is 35.9 Å². The minimum atomic E-state index is -0.180. The molecule has 130 valence electrons. The number of aryl methyl sites for hydroxylation is 1. The molecule has 1 aromatic heterocycles. The number of nitrogens with one attached hydrogen (secondary N) is 2. The van der Waals surface area contributed by atoms with Crippen molar-refractivity contribution < 1.29 is 4.39 Å². The highest BCUT2D eigenvalue weighted by Gasteiger charge is 2.04. The van der Waals surface area contributed by atoms with Crippen molar-refractivity contribution in [3.63, 3.8) is 0 Å². The van der Waals surface area contributed by atoms with Gasteiger partial charge >= 0.3 is 0 Å². The summed E-state index contributed by atoms with van der Waals surface area (Å²) in [4.78, 5) is 8.98. The van der Waals surface area contributed by atoms with Gasteiger partial charge < -0.3 is 10.6 Å². The summed E-state index contributed by atoms with van der Waals surface area (Å²) in [7, 11) is 0. The van der Waals surface area contributed by atoms with Crippen molar-refractivity contribution in [1.29, 1.82) is 0 Å². The fourth-order valence-electron chi connectivity index (χ4n) is 2.20. The van der Waals surface area contributed by atoms with E-state index in [0.29, 0.717) is 25.1 Å². The first-order chi connectivity index (χ1) is 11.6. The largest absolute Gasteiger partial charge is 0.357 e. The van der Waals surface area contributed by atoms with Gasteiger partial charge in [0.05, 0.1) is 10.7 Å². The number of thiazole rings is 1. The number of hydrogen-bond acceptors (Lipinski definition) is 3. The fraction of sp³-hybridized carbons (Fsp3) is 0.412. The molecule has 0 spiro atoms. The van der Waals surface area contributed by atoms with Gasteiger partial charge in [-0.1, -0.05) is 15.9 Å². The van der Waals surface area contributed by atoms with E-state index in [1.54, 1.807) is 17.4 Å². The standard InChI is InChI=1S/C17H22BrFN4S/c1-3-20-17(22-9-7-15-11-24-12(2)23-15)21-8-6-13-10-14(18)4-5-16(13)19/h4-5,10-11H,3,6-9H2,1-2H3,(H2,20,21,22). The molecule has 1 aromatic carbocycles. The second-order valence-electron chi connectivity index (χ2n) is 5.28. The number of aromatic nitrogens is 1. The van der Waals surface area contributed by atoms with Crippen LogP contribution in [0.4, 0.5) is 4.39 Å². The lowest BCUT2D eigenvalue weighted by atomic mass is 10.1. The Kier molecular flexibility index (Phi) is 7.65. The summed E-state index contributed by atoms with van der Waals surface area (Å²) in [5.74, 6) is 0.570. The van der Waals surface area contributed by atoms with Crippen molar-refractivity contribution >= 4 is 33.2 Å². The van der Waals surface area contributed by atoms with Gasteiger partial charge in [0.25, 0.3) is 0 Å². The molecule has 1 heterocycles. The molecule has 0 aliphatic rings. The van der Waals surface area contributed by atoms with Crippen molar-refractivity contribution in [3.8, 4) is 0 Å². The van der Waals surface area contributed by atoms with Gasteiger partial charge in [-0.05, 0) is 44.0 Å². The van der Waals surface area contributed by atoms with Crippen LogP contribution in [0.3, 0.4) is 0 Å². The third kappa shape index (κ3) is 6.20. The van der Waals surface area contributed by atoms with E-state index in [4.69, 9.17) is 0 Å². The molecule has 0 saturated carbocycles. The Morgan fingerprint density at radius 1 is 1.33 bits per heavy atom. The molecule has 0 radical (unpaired) electrons. The maximum Gasteiger partial charge on any atom is 0.191 e. The topological polar surface area (TPSA) is 49.3 Å². The molecule has 0 atom stereocenters. The molecule has 24 heavy (non-hydrogen) atoms. The number of hydrogen-bond donors (Lipinski definition) is 2. The number of nitrogens with zero attached hydrogens (tertiary/aromatic N) is 2. The zero-order valence-corrected chi connectivity index (χ0v) is 16.3. The van der Waals surface area contributed by atoms with E-state index in [-0.39, 0.29) is 5.82 Å². The average Bonchev–Trinajstić information content (AvgIpc) is 2.96. The molecule has 2 aromatic rings. The Balaban J connectivity index is 1.83. The third-order valence-corrected chi connectivity index (χ3v) is 4.66. The number of guanidine groups is 1. The predicted molar refractivity (Wildman–Crippen MR) is 102 cm³/mol. The molecule has 0 saturated heterocycles. The molecule has 0 aliphatic heterocycles. The first-order valence-corrected chi connectivity index (χ1v) is 9.63. The van der Waals surface area contributed by atoms with Crippen LogP contribution in [-0.4, -0.2) is 30.6 Å². The van der Waals surface area contributed by atoms with Crippen molar-refractivity contribution in [3.05, 3.63) is 50.1 Å². The lowest BCUT2D eigenvalue weighted by Gasteiger charge is -2.11. The molecule has 0 unspecified atom stereocenters. The van der Waals surface area contributed by atoms with E-state index in [2.05, 4.69) is 41.9 Å². The van der Waals surface area contributed by atoms with Gasteiger partial charge in [-0.25, -0.2) is 9.37 Å². The molecule has 7 heteroatoms. The average molecular weight is 413 g/mol. The van der Waals surface area contributed by atoms with Crippen LogP contribution >= 0.6 is 27.3 Å². The molecule has 0 bridgehead atoms. The molecule has 4 nitrogen and oxygen atoms in total. The zero-order chi connectivity index (χ0) is 17.4. The molecular formula is C17H22BrFN4S. The molecule has 0 aliphatic carbocycles. The summed E-state index contributed by atoms with van der Waals surface area (Å²) in [6.45, 7) is 6.10. The summed E-state index contributed by atoms with van der Waals surface area (Å²) in [5, 5.41) is 9.60. The van der Waals surface area contributed by atoms with E-state index in [1.165, 1.54) is 6.07 Å². The third-order valence-electron chi connectivity index (χ3n) is 3.34. The van der Waals surface area contributed by atoms with E-state index in [1.807, 2.05) is 19.9 Å². The van der Waals surface area contributed by atoms with Crippen LogP contribution in [-0.2, 0) is 12.8 Å². The normalized spacial score (nSPS) is 11.6. The van der Waals surface area contributed by atoms with Crippen LogP contribution in [0.1, 0.15) is 23.2 Å². The minimum Gasteiger partial charge on any atom is -0.357 e. The van der Waals surface area contributed by atoms with E-state index < -0.39 is 0 Å². The van der Waals surface area contributed by atoms with Crippen LogP contribution in [0.5, 0.6) is 0 Å². The highest BCUT2D eigenvalue weighted by Crippen LogP contribution is 2.15. The second kappa shape index (κ2) is 9.74. The molecule has 0 amide bonds. The Bertz CT molecular complexity index is 687. The Hall–Kier alpha value is -1.47. The van der Waals surface area contributed by atoms with Gasteiger partial charge in [-0.2, -0.15) is 0 Å². The smallest absolute Gasteiger partial charge is 0.191 e. The van der Waals surface area contributed by atoms with Crippen LogP contribution < -0.4 is 10.6 Å². The summed E-state index contributed by atoms with van der Waals surface area (Å²) in [5.41, 5.74) is 1.76.